The molecule has 1 aliphatic heterocycles. The van der Waals surface area contributed by atoms with Crippen LogP contribution < -0.4 is 0 Å². The van der Waals surface area contributed by atoms with Crippen LogP contribution in [0.3, 0.4) is 0 Å². The average Bonchev–Trinajstić information content (AvgIpc) is 2.28. The number of hydrogen-bond acceptors (Lipinski definition) is 3. The molecule has 0 aromatic heterocycles. The third-order valence-electron chi connectivity index (χ3n) is 1.47. The van der Waals surface area contributed by atoms with Crippen LogP contribution in [0.1, 0.15) is 12.8 Å². The van der Waals surface area contributed by atoms with E-state index in [0.29, 0.717) is 0 Å². The summed E-state index contributed by atoms with van der Waals surface area (Å²) in [5.41, 5.74) is 0. The molecule has 16 heavy (non-hydrogen) atoms. The standard InChI is InChI=1S/C5H6O5.C5H5.Tl/c6-3(5(9)10)1-2-4(7)8;1-3-5-4-2;/h1-2H2,(H,7,8)(H,9,10);1-5H;. The van der Waals surface area contributed by atoms with Crippen LogP contribution in [0, 0.1) is 0 Å². The van der Waals surface area contributed by atoms with Gasteiger partial charge in [0, 0.05) is 6.42 Å². The minimum Gasteiger partial charge on any atom is -0.481 e. The van der Waals surface area contributed by atoms with E-state index in [1.165, 1.54) is 0 Å². The molecule has 0 bridgehead atoms. The topological polar surface area (TPSA) is 91.7 Å². The van der Waals surface area contributed by atoms with Gasteiger partial charge in [-0.2, -0.15) is 0 Å². The Labute approximate surface area is 104 Å². The minimum atomic E-state index is -1.58. The number of carbonyl (C=O) groups is 3. The second-order valence-electron chi connectivity index (χ2n) is 2.78. The summed E-state index contributed by atoms with van der Waals surface area (Å²) in [6.07, 6.45) is 5.51. The normalized spacial score (nSPS) is 11.0. The Hall–Kier alpha value is -1.12. The summed E-state index contributed by atoms with van der Waals surface area (Å²) in [4.78, 5) is 29.7. The molecular formula is C10H11O5Tl. The zero-order valence-electron chi connectivity index (χ0n) is 8.50. The van der Waals surface area contributed by atoms with E-state index in [0.717, 1.165) is 0 Å². The van der Waals surface area contributed by atoms with Gasteiger partial charge in [-0.05, 0) is 0 Å². The van der Waals surface area contributed by atoms with Crippen molar-refractivity contribution in [1.82, 2.24) is 0 Å². The Balaban J connectivity index is 0.000000315. The summed E-state index contributed by atoms with van der Waals surface area (Å²) in [7, 11) is 0. The first-order valence-corrected chi connectivity index (χ1v) is 9.70. The van der Waals surface area contributed by atoms with Crippen molar-refractivity contribution in [2.45, 2.75) is 12.8 Å². The van der Waals surface area contributed by atoms with E-state index >= 15 is 0 Å². The van der Waals surface area contributed by atoms with E-state index in [2.05, 4.69) is 25.4 Å². The zero-order valence-corrected chi connectivity index (χ0v) is 13.0. The van der Waals surface area contributed by atoms with Crippen LogP contribution in [0.2, 0.25) is 0 Å². The molecule has 0 fully saturated rings. The van der Waals surface area contributed by atoms with Gasteiger partial charge in [-0.1, -0.05) is 0 Å². The maximum Gasteiger partial charge on any atom is 0.372 e. The predicted molar refractivity (Wildman–Crippen MR) is 59.6 cm³/mol. The molecule has 1 rings (SSSR count). The van der Waals surface area contributed by atoms with E-state index in [1.54, 1.807) is 0 Å². The van der Waals surface area contributed by atoms with Gasteiger partial charge < -0.3 is 10.2 Å². The summed E-state index contributed by atoms with van der Waals surface area (Å²) in [5, 5.41) is 16.0. The van der Waals surface area contributed by atoms with Crippen molar-refractivity contribution < 1.29 is 24.6 Å². The number of carbonyl (C=O) groups excluding carboxylic acids is 1. The molecule has 0 aromatic rings. The quantitative estimate of drug-likeness (QED) is 0.501. The molecule has 6 heteroatoms. The largest absolute Gasteiger partial charge is 0.481 e. The van der Waals surface area contributed by atoms with E-state index in [9.17, 15) is 14.4 Å². The van der Waals surface area contributed by atoms with Gasteiger partial charge in [0.2, 0.25) is 5.78 Å². The van der Waals surface area contributed by atoms with Crippen molar-refractivity contribution in [3.63, 3.8) is 0 Å². The molecule has 0 aromatic carbocycles. The molecule has 0 aliphatic carbocycles. The van der Waals surface area contributed by atoms with Crippen LogP contribution in [-0.2, 0) is 14.4 Å². The summed E-state index contributed by atoms with van der Waals surface area (Å²) in [5.74, 6) is -3.82. The number of aliphatic carboxylic acids is 2. The Kier molecular flexibility index (Phi) is 8.49. The van der Waals surface area contributed by atoms with Crippen molar-refractivity contribution >= 4 is 45.0 Å². The molecule has 0 spiro atoms. The SMILES string of the molecule is C1=C[CH]=[Tl][CH]=C1.O=C(O)CCC(=O)C(=O)O. The molecule has 5 nitrogen and oxygen atoms in total. The molecule has 0 saturated carbocycles. The Morgan fingerprint density at radius 2 is 1.69 bits per heavy atom. The van der Waals surface area contributed by atoms with Gasteiger partial charge in [-0.15, -0.1) is 0 Å². The molecule has 1 aliphatic rings. The zero-order chi connectivity index (χ0) is 12.4. The Morgan fingerprint density at radius 1 is 1.00 bits per heavy atom. The molecule has 0 radical (unpaired) electrons. The molecular weight excluding hydrogens is 404 g/mol. The van der Waals surface area contributed by atoms with Crippen LogP contribution >= 0.6 is 0 Å². The fourth-order valence-electron chi connectivity index (χ4n) is 0.712. The van der Waals surface area contributed by atoms with Crippen molar-refractivity contribution in [2.24, 2.45) is 0 Å². The van der Waals surface area contributed by atoms with Crippen LogP contribution in [0.5, 0.6) is 0 Å². The smallest absolute Gasteiger partial charge is 0.372 e. The van der Waals surface area contributed by atoms with Crippen molar-refractivity contribution in [2.75, 3.05) is 0 Å². The van der Waals surface area contributed by atoms with E-state index in [-0.39, 0.29) is 23.7 Å². The predicted octanol–water partition coefficient (Wildman–Crippen LogP) is 0.0812. The second-order valence-corrected chi connectivity index (χ2v) is 7.27. The number of ketones is 1. The molecule has 84 valence electrons. The van der Waals surface area contributed by atoms with E-state index in [1.807, 2.05) is 0 Å². The average molecular weight is 416 g/mol. The first kappa shape index (κ1) is 14.9. The second kappa shape index (κ2) is 9.13. The van der Waals surface area contributed by atoms with Crippen molar-refractivity contribution in [3.8, 4) is 0 Å². The van der Waals surface area contributed by atoms with E-state index < -0.39 is 30.6 Å². The number of carboxylic acid groups (broad SMARTS) is 2. The van der Waals surface area contributed by atoms with E-state index in [4.69, 9.17) is 10.2 Å². The first-order chi connectivity index (χ1) is 7.54. The number of carboxylic acids is 2. The van der Waals surface area contributed by atoms with Crippen molar-refractivity contribution in [3.05, 3.63) is 21.9 Å². The van der Waals surface area contributed by atoms with Gasteiger partial charge in [0.25, 0.3) is 0 Å². The molecule has 1 heterocycles. The number of Topliss-reactive ketones (excluding diaryl/α,β-unsaturated/α-hetero) is 1. The van der Waals surface area contributed by atoms with Crippen LogP contribution in [0.25, 0.3) is 0 Å². The van der Waals surface area contributed by atoms with Gasteiger partial charge in [0.15, 0.2) is 0 Å². The molecule has 0 saturated heterocycles. The number of allylic oxidation sites excluding steroid dienone is 3. The number of rotatable bonds is 4. The molecule has 0 unspecified atom stereocenters. The molecule has 2 N–H and O–H groups in total. The van der Waals surface area contributed by atoms with Crippen LogP contribution in [-0.4, -0.2) is 55.2 Å². The first-order valence-electron chi connectivity index (χ1n) is 4.52. The maximum absolute atomic E-state index is 10.2. The Morgan fingerprint density at radius 3 is 1.94 bits per heavy atom. The molecule has 0 atom stereocenters. The summed E-state index contributed by atoms with van der Waals surface area (Å²) in [6, 6.07) is 0. The third-order valence-corrected chi connectivity index (χ3v) is 4.93. The third kappa shape index (κ3) is 9.44. The van der Waals surface area contributed by atoms with Crippen molar-refractivity contribution in [1.29, 1.82) is 0 Å². The van der Waals surface area contributed by atoms with Gasteiger partial charge in [-0.25, -0.2) is 4.79 Å². The summed E-state index contributed by atoms with van der Waals surface area (Å²) < 4.78 is 4.67. The number of hydrogen-bond donors (Lipinski definition) is 2. The van der Waals surface area contributed by atoms with Gasteiger partial charge in [0.05, 0.1) is 6.42 Å². The fraction of sp³-hybridized carbons (Fsp3) is 0.200. The fourth-order valence-corrected chi connectivity index (χ4v) is 3.21. The maximum atomic E-state index is 10.2. The van der Waals surface area contributed by atoms with Gasteiger partial charge >= 0.3 is 61.1 Å². The minimum absolute atomic E-state index is 0.380. The molecule has 0 amide bonds. The van der Waals surface area contributed by atoms with Gasteiger partial charge in [0.1, 0.15) is 0 Å². The van der Waals surface area contributed by atoms with Crippen LogP contribution in [0.15, 0.2) is 21.9 Å². The van der Waals surface area contributed by atoms with Gasteiger partial charge in [-0.3, -0.25) is 9.59 Å². The summed E-state index contributed by atoms with van der Waals surface area (Å²) in [6.45, 7) is 0. The summed E-state index contributed by atoms with van der Waals surface area (Å²) >= 11 is -0.380. The van der Waals surface area contributed by atoms with Crippen LogP contribution in [0.4, 0.5) is 0 Å². The monoisotopic (exact) mass is 416 g/mol. The Bertz CT molecular complexity index is 318.